The van der Waals surface area contributed by atoms with Crippen molar-refractivity contribution < 1.29 is 8.78 Å². The molecule has 0 aliphatic heterocycles. The van der Waals surface area contributed by atoms with Gasteiger partial charge in [-0.15, -0.1) is 0 Å². The lowest BCUT2D eigenvalue weighted by molar-refractivity contribution is 0.143. The van der Waals surface area contributed by atoms with Crippen molar-refractivity contribution in [3.63, 3.8) is 0 Å². The first-order chi connectivity index (χ1) is 5.02. The van der Waals surface area contributed by atoms with Gasteiger partial charge < -0.3 is 0 Å². The van der Waals surface area contributed by atoms with E-state index in [-0.39, 0.29) is 11.5 Å². The van der Waals surface area contributed by atoms with Crippen LogP contribution in [-0.4, -0.2) is 4.83 Å². The smallest absolute Gasteiger partial charge is 0.189 e. The number of halogens is 3. The quantitative estimate of drug-likeness (QED) is 0.597. The van der Waals surface area contributed by atoms with E-state index in [1.807, 2.05) is 6.08 Å². The molecule has 0 saturated carbocycles. The summed E-state index contributed by atoms with van der Waals surface area (Å²) in [6.45, 7) is 1.80. The van der Waals surface area contributed by atoms with Crippen LogP contribution in [0.2, 0.25) is 0 Å². The summed E-state index contributed by atoms with van der Waals surface area (Å²) in [5.41, 5.74) is 0.167. The Bertz CT molecular complexity index is 201. The van der Waals surface area contributed by atoms with Crippen LogP contribution in [0.5, 0.6) is 0 Å². The van der Waals surface area contributed by atoms with Crippen molar-refractivity contribution in [3.8, 4) is 0 Å². The highest BCUT2D eigenvalue weighted by Gasteiger charge is 2.33. The van der Waals surface area contributed by atoms with Gasteiger partial charge in [-0.2, -0.15) is 8.78 Å². The molecule has 1 aliphatic rings. The van der Waals surface area contributed by atoms with E-state index in [1.54, 1.807) is 13.0 Å². The third kappa shape index (κ3) is 2.12. The van der Waals surface area contributed by atoms with Crippen molar-refractivity contribution in [3.05, 3.63) is 23.8 Å². The second kappa shape index (κ2) is 3.05. The molecule has 0 aromatic carbocycles. The zero-order valence-corrected chi connectivity index (χ0v) is 7.74. The Hall–Kier alpha value is -0.180. The molecule has 0 fully saturated rings. The topological polar surface area (TPSA) is 0 Å². The highest BCUT2D eigenvalue weighted by Crippen LogP contribution is 2.38. The molecule has 11 heavy (non-hydrogen) atoms. The summed E-state index contributed by atoms with van der Waals surface area (Å²) in [7, 11) is 0. The van der Waals surface area contributed by atoms with E-state index in [0.29, 0.717) is 6.42 Å². The van der Waals surface area contributed by atoms with Crippen LogP contribution in [0.3, 0.4) is 0 Å². The van der Waals surface area contributed by atoms with Crippen LogP contribution >= 0.6 is 15.9 Å². The summed E-state index contributed by atoms with van der Waals surface area (Å²) in [5.74, 6) is -0.0608. The molecule has 1 rings (SSSR count). The van der Waals surface area contributed by atoms with Gasteiger partial charge in [-0.05, 0) is 28.3 Å². The molecule has 1 unspecified atom stereocenters. The molecule has 1 aliphatic carbocycles. The Balaban J connectivity index is 2.84. The lowest BCUT2D eigenvalue weighted by Gasteiger charge is -2.20. The zero-order chi connectivity index (χ0) is 8.48. The SMILES string of the molecule is CC1CC=CC=C1C(F)(F)Br. The van der Waals surface area contributed by atoms with Crippen molar-refractivity contribution in [2.75, 3.05) is 0 Å². The molecular formula is C8H9BrF2. The Labute approximate surface area is 73.1 Å². The Morgan fingerprint density at radius 3 is 2.64 bits per heavy atom. The van der Waals surface area contributed by atoms with Crippen LogP contribution in [0.15, 0.2) is 23.8 Å². The molecule has 0 amide bonds. The van der Waals surface area contributed by atoms with Crippen molar-refractivity contribution in [2.24, 2.45) is 5.92 Å². The molecule has 0 radical (unpaired) electrons. The summed E-state index contributed by atoms with van der Waals surface area (Å²) < 4.78 is 25.3. The Kier molecular flexibility index (Phi) is 2.47. The molecule has 1 atom stereocenters. The van der Waals surface area contributed by atoms with E-state index in [4.69, 9.17) is 0 Å². The van der Waals surface area contributed by atoms with Gasteiger partial charge in [-0.25, -0.2) is 0 Å². The molecule has 0 bridgehead atoms. The lowest BCUT2D eigenvalue weighted by Crippen LogP contribution is -2.17. The maximum absolute atomic E-state index is 12.7. The van der Waals surface area contributed by atoms with Gasteiger partial charge in [0.15, 0.2) is 0 Å². The van der Waals surface area contributed by atoms with Gasteiger partial charge in [-0.1, -0.05) is 25.2 Å². The van der Waals surface area contributed by atoms with Crippen LogP contribution in [-0.2, 0) is 0 Å². The number of hydrogen-bond acceptors (Lipinski definition) is 0. The molecule has 0 N–H and O–H groups in total. The maximum atomic E-state index is 12.7. The van der Waals surface area contributed by atoms with Gasteiger partial charge in [0.25, 0.3) is 0 Å². The highest BCUT2D eigenvalue weighted by molar-refractivity contribution is 9.10. The fourth-order valence-corrected chi connectivity index (χ4v) is 1.64. The van der Waals surface area contributed by atoms with E-state index in [0.717, 1.165) is 0 Å². The molecular weight excluding hydrogens is 214 g/mol. The van der Waals surface area contributed by atoms with Crippen molar-refractivity contribution in [2.45, 2.75) is 18.2 Å². The van der Waals surface area contributed by atoms with Gasteiger partial charge in [0.2, 0.25) is 0 Å². The summed E-state index contributed by atoms with van der Waals surface area (Å²) in [4.78, 5) is -2.84. The van der Waals surface area contributed by atoms with Crippen LogP contribution in [0, 0.1) is 5.92 Å². The van der Waals surface area contributed by atoms with Gasteiger partial charge in [0.05, 0.1) is 0 Å². The Morgan fingerprint density at radius 2 is 2.27 bits per heavy atom. The van der Waals surface area contributed by atoms with E-state index in [9.17, 15) is 8.78 Å². The number of alkyl halides is 3. The molecule has 0 saturated heterocycles. The molecule has 3 heteroatoms. The maximum Gasteiger partial charge on any atom is 0.323 e. The van der Waals surface area contributed by atoms with Gasteiger partial charge >= 0.3 is 4.83 Å². The fraction of sp³-hybridized carbons (Fsp3) is 0.500. The molecule has 0 aromatic heterocycles. The van der Waals surface area contributed by atoms with Crippen molar-refractivity contribution in [1.29, 1.82) is 0 Å². The van der Waals surface area contributed by atoms with Gasteiger partial charge in [0, 0.05) is 5.57 Å². The van der Waals surface area contributed by atoms with Crippen LogP contribution in [0.4, 0.5) is 8.78 Å². The van der Waals surface area contributed by atoms with Crippen molar-refractivity contribution in [1.82, 2.24) is 0 Å². The number of hydrogen-bond donors (Lipinski definition) is 0. The zero-order valence-electron chi connectivity index (χ0n) is 6.15. The average molecular weight is 223 g/mol. The predicted molar refractivity (Wildman–Crippen MR) is 44.9 cm³/mol. The first kappa shape index (κ1) is 8.91. The van der Waals surface area contributed by atoms with Crippen LogP contribution in [0.25, 0.3) is 0 Å². The third-order valence-electron chi connectivity index (χ3n) is 1.76. The third-order valence-corrected chi connectivity index (χ3v) is 2.22. The summed E-state index contributed by atoms with van der Waals surface area (Å²) in [6.07, 6.45) is 5.74. The van der Waals surface area contributed by atoms with E-state index >= 15 is 0 Å². The number of rotatable bonds is 1. The van der Waals surface area contributed by atoms with Gasteiger partial charge in [0.1, 0.15) is 0 Å². The first-order valence-electron chi connectivity index (χ1n) is 3.45. The average Bonchev–Trinajstić information content (AvgIpc) is 1.86. The minimum Gasteiger partial charge on any atom is -0.189 e. The van der Waals surface area contributed by atoms with Crippen molar-refractivity contribution >= 4 is 15.9 Å². The first-order valence-corrected chi connectivity index (χ1v) is 4.25. The molecule has 0 nitrogen and oxygen atoms in total. The van der Waals surface area contributed by atoms with Crippen LogP contribution in [0.1, 0.15) is 13.3 Å². The van der Waals surface area contributed by atoms with E-state index < -0.39 is 4.83 Å². The summed E-state index contributed by atoms with van der Waals surface area (Å²) in [5, 5.41) is 0. The monoisotopic (exact) mass is 222 g/mol. The minimum atomic E-state index is -2.84. The largest absolute Gasteiger partial charge is 0.323 e. The van der Waals surface area contributed by atoms with E-state index in [2.05, 4.69) is 15.9 Å². The second-order valence-corrected chi connectivity index (χ2v) is 3.68. The fourth-order valence-electron chi connectivity index (χ4n) is 1.12. The highest BCUT2D eigenvalue weighted by atomic mass is 79.9. The standard InChI is InChI=1S/C8H9BrF2/c1-6-4-2-3-5-7(6)8(9,10)11/h2-3,5-6H,4H2,1H3. The molecule has 62 valence electrons. The van der Waals surface area contributed by atoms with Gasteiger partial charge in [-0.3, -0.25) is 0 Å². The second-order valence-electron chi connectivity index (χ2n) is 2.68. The number of allylic oxidation sites excluding steroid dienone is 4. The molecule has 0 aromatic rings. The van der Waals surface area contributed by atoms with E-state index in [1.165, 1.54) is 6.08 Å². The lowest BCUT2D eigenvalue weighted by atomic mass is 9.94. The van der Waals surface area contributed by atoms with Crippen LogP contribution < -0.4 is 0 Å². The predicted octanol–water partition coefficient (Wildman–Crippen LogP) is 3.50. The summed E-state index contributed by atoms with van der Waals surface area (Å²) >= 11 is 2.34. The molecule has 0 spiro atoms. The molecule has 0 heterocycles. The Morgan fingerprint density at radius 1 is 1.64 bits per heavy atom. The normalized spacial score (nSPS) is 25.1. The summed E-state index contributed by atoms with van der Waals surface area (Å²) in [6, 6.07) is 0. The minimum absolute atomic E-state index is 0.0608.